The van der Waals surface area contributed by atoms with Crippen molar-refractivity contribution < 1.29 is 9.84 Å². The third-order valence-electron chi connectivity index (χ3n) is 4.39. The van der Waals surface area contributed by atoms with Crippen LogP contribution in [-0.4, -0.2) is 65.4 Å². The lowest BCUT2D eigenvalue weighted by molar-refractivity contribution is 0.0670. The Morgan fingerprint density at radius 3 is 2.65 bits per heavy atom. The summed E-state index contributed by atoms with van der Waals surface area (Å²) >= 11 is 0. The van der Waals surface area contributed by atoms with Crippen LogP contribution in [0.4, 0.5) is 5.82 Å². The molecule has 2 atom stereocenters. The molecule has 3 rings (SSSR count). The molecule has 6 heteroatoms. The van der Waals surface area contributed by atoms with Crippen molar-refractivity contribution in [1.29, 1.82) is 0 Å². The normalized spacial score (nSPS) is 27.8. The van der Waals surface area contributed by atoms with Crippen molar-refractivity contribution in [1.82, 2.24) is 14.9 Å². The molecule has 110 valence electrons. The molecule has 0 radical (unpaired) electrons. The summed E-state index contributed by atoms with van der Waals surface area (Å²) in [5, 5.41) is 10.0. The first-order chi connectivity index (χ1) is 9.78. The fraction of sp³-hybridized carbons (Fsp3) is 0.714. The van der Waals surface area contributed by atoms with E-state index in [2.05, 4.69) is 19.8 Å². The number of nitrogens with zero attached hydrogens (tertiary/aromatic N) is 4. The van der Waals surface area contributed by atoms with Crippen molar-refractivity contribution >= 4 is 5.82 Å². The monoisotopic (exact) mass is 278 g/mol. The Morgan fingerprint density at radius 1 is 1.20 bits per heavy atom. The molecule has 1 saturated carbocycles. The van der Waals surface area contributed by atoms with Gasteiger partial charge in [-0.05, 0) is 19.3 Å². The lowest BCUT2D eigenvalue weighted by Gasteiger charge is -2.39. The van der Waals surface area contributed by atoms with Crippen molar-refractivity contribution in [3.63, 3.8) is 0 Å². The highest BCUT2D eigenvalue weighted by atomic mass is 16.5. The molecule has 1 aromatic heterocycles. The van der Waals surface area contributed by atoms with Gasteiger partial charge in [-0.15, -0.1) is 0 Å². The maximum Gasteiger partial charge on any atom is 0.218 e. The minimum atomic E-state index is -0.138. The largest absolute Gasteiger partial charge is 0.481 e. The number of methoxy groups -OCH3 is 1. The van der Waals surface area contributed by atoms with Gasteiger partial charge in [0.2, 0.25) is 5.88 Å². The Balaban J connectivity index is 1.60. The van der Waals surface area contributed by atoms with Gasteiger partial charge in [0.25, 0.3) is 0 Å². The Labute approximate surface area is 119 Å². The van der Waals surface area contributed by atoms with Gasteiger partial charge >= 0.3 is 0 Å². The van der Waals surface area contributed by atoms with Gasteiger partial charge in [0.05, 0.1) is 13.2 Å². The van der Waals surface area contributed by atoms with Crippen LogP contribution in [0.15, 0.2) is 12.4 Å². The van der Waals surface area contributed by atoms with Gasteiger partial charge < -0.3 is 14.7 Å². The average Bonchev–Trinajstić information content (AvgIpc) is 2.94. The summed E-state index contributed by atoms with van der Waals surface area (Å²) in [4.78, 5) is 13.0. The summed E-state index contributed by atoms with van der Waals surface area (Å²) in [6, 6.07) is 2.23. The molecule has 2 unspecified atom stereocenters. The molecule has 2 fully saturated rings. The molecular weight excluding hydrogens is 256 g/mol. The quantitative estimate of drug-likeness (QED) is 0.870. The van der Waals surface area contributed by atoms with Crippen molar-refractivity contribution in [2.75, 3.05) is 38.2 Å². The second-order valence-corrected chi connectivity index (χ2v) is 5.51. The predicted octanol–water partition coefficient (Wildman–Crippen LogP) is 0.521. The van der Waals surface area contributed by atoms with Crippen molar-refractivity contribution in [2.24, 2.45) is 0 Å². The van der Waals surface area contributed by atoms with Gasteiger partial charge in [-0.25, -0.2) is 9.97 Å². The molecule has 1 aliphatic heterocycles. The zero-order valence-electron chi connectivity index (χ0n) is 11.9. The third kappa shape index (κ3) is 2.71. The van der Waals surface area contributed by atoms with E-state index in [4.69, 9.17) is 4.74 Å². The van der Waals surface area contributed by atoms with Gasteiger partial charge in [0, 0.05) is 38.3 Å². The van der Waals surface area contributed by atoms with Crippen LogP contribution in [0.2, 0.25) is 0 Å². The molecule has 1 aliphatic carbocycles. The highest BCUT2D eigenvalue weighted by molar-refractivity contribution is 5.41. The van der Waals surface area contributed by atoms with E-state index in [1.165, 1.54) is 0 Å². The fourth-order valence-electron chi connectivity index (χ4n) is 3.24. The van der Waals surface area contributed by atoms with E-state index in [9.17, 15) is 5.11 Å². The molecule has 1 saturated heterocycles. The molecule has 20 heavy (non-hydrogen) atoms. The predicted molar refractivity (Wildman–Crippen MR) is 76.0 cm³/mol. The zero-order chi connectivity index (χ0) is 13.9. The highest BCUT2D eigenvalue weighted by Gasteiger charge is 2.32. The molecule has 0 bridgehead atoms. The summed E-state index contributed by atoms with van der Waals surface area (Å²) < 4.78 is 5.14. The van der Waals surface area contributed by atoms with E-state index < -0.39 is 0 Å². The molecule has 0 spiro atoms. The smallest absolute Gasteiger partial charge is 0.218 e. The van der Waals surface area contributed by atoms with E-state index in [1.807, 2.05) is 6.07 Å². The number of aliphatic hydroxyl groups excluding tert-OH is 1. The number of aliphatic hydroxyl groups is 1. The molecule has 2 heterocycles. The molecule has 0 amide bonds. The second-order valence-electron chi connectivity index (χ2n) is 5.51. The highest BCUT2D eigenvalue weighted by Crippen LogP contribution is 2.26. The van der Waals surface area contributed by atoms with Crippen LogP contribution in [0, 0.1) is 0 Å². The van der Waals surface area contributed by atoms with Crippen molar-refractivity contribution in [2.45, 2.75) is 31.4 Å². The van der Waals surface area contributed by atoms with E-state index >= 15 is 0 Å². The van der Waals surface area contributed by atoms with E-state index in [0.717, 1.165) is 51.3 Å². The standard InChI is InChI=1S/C14H22N4O2/c1-20-14-9-13(15-10-16-14)18-7-5-17(6-8-18)11-3-2-4-12(11)19/h9-12,19H,2-8H2,1H3. The van der Waals surface area contributed by atoms with Gasteiger partial charge in [-0.2, -0.15) is 0 Å². The maximum atomic E-state index is 10.0. The van der Waals surface area contributed by atoms with Gasteiger partial charge in [-0.3, -0.25) is 4.90 Å². The Morgan fingerprint density at radius 2 is 2.00 bits per heavy atom. The summed E-state index contributed by atoms with van der Waals surface area (Å²) in [5.74, 6) is 1.52. The van der Waals surface area contributed by atoms with Crippen LogP contribution >= 0.6 is 0 Å². The zero-order valence-corrected chi connectivity index (χ0v) is 11.9. The fourth-order valence-corrected chi connectivity index (χ4v) is 3.24. The Hall–Kier alpha value is -1.40. The number of ether oxygens (including phenoxy) is 1. The second kappa shape index (κ2) is 5.93. The number of piperazine rings is 1. The third-order valence-corrected chi connectivity index (χ3v) is 4.39. The molecule has 1 N–H and O–H groups in total. The van der Waals surface area contributed by atoms with Crippen LogP contribution in [-0.2, 0) is 0 Å². The first-order valence-corrected chi connectivity index (χ1v) is 7.31. The lowest BCUT2D eigenvalue weighted by Crippen LogP contribution is -2.52. The summed E-state index contributed by atoms with van der Waals surface area (Å²) in [6.07, 6.45) is 4.63. The molecular formula is C14H22N4O2. The molecule has 0 aromatic carbocycles. The summed E-state index contributed by atoms with van der Waals surface area (Å²) in [5.41, 5.74) is 0. The molecule has 2 aliphatic rings. The van der Waals surface area contributed by atoms with Crippen LogP contribution in [0.1, 0.15) is 19.3 Å². The van der Waals surface area contributed by atoms with Gasteiger partial charge in [-0.1, -0.05) is 0 Å². The van der Waals surface area contributed by atoms with Gasteiger partial charge in [0.1, 0.15) is 12.1 Å². The van der Waals surface area contributed by atoms with Crippen molar-refractivity contribution in [3.05, 3.63) is 12.4 Å². The number of aromatic nitrogens is 2. The van der Waals surface area contributed by atoms with Crippen LogP contribution in [0.3, 0.4) is 0 Å². The Kier molecular flexibility index (Phi) is 4.03. The lowest BCUT2D eigenvalue weighted by atomic mass is 10.1. The van der Waals surface area contributed by atoms with Crippen LogP contribution in [0.25, 0.3) is 0 Å². The van der Waals surface area contributed by atoms with Crippen LogP contribution in [0.5, 0.6) is 5.88 Å². The number of anilines is 1. The molecule has 1 aromatic rings. The first kappa shape index (κ1) is 13.6. The topological polar surface area (TPSA) is 61.7 Å². The summed E-state index contributed by atoms with van der Waals surface area (Å²) in [7, 11) is 1.62. The van der Waals surface area contributed by atoms with Gasteiger partial charge in [0.15, 0.2) is 0 Å². The first-order valence-electron chi connectivity index (χ1n) is 7.31. The minimum absolute atomic E-state index is 0.138. The number of rotatable bonds is 3. The molecule has 6 nitrogen and oxygen atoms in total. The average molecular weight is 278 g/mol. The SMILES string of the molecule is COc1cc(N2CCN(C3CCCC3O)CC2)ncn1. The number of hydrogen-bond acceptors (Lipinski definition) is 6. The summed E-state index contributed by atoms with van der Waals surface area (Å²) in [6.45, 7) is 3.83. The van der Waals surface area contributed by atoms with Crippen LogP contribution < -0.4 is 9.64 Å². The van der Waals surface area contributed by atoms with E-state index in [0.29, 0.717) is 11.9 Å². The minimum Gasteiger partial charge on any atom is -0.481 e. The maximum absolute atomic E-state index is 10.0. The number of hydrogen-bond donors (Lipinski definition) is 1. The van der Waals surface area contributed by atoms with E-state index in [-0.39, 0.29) is 6.10 Å². The van der Waals surface area contributed by atoms with E-state index in [1.54, 1.807) is 13.4 Å². The Bertz CT molecular complexity index is 449. The van der Waals surface area contributed by atoms with Crippen molar-refractivity contribution in [3.8, 4) is 5.88 Å².